The van der Waals surface area contributed by atoms with Gasteiger partial charge in [0.05, 0.1) is 20.3 Å². The van der Waals surface area contributed by atoms with Crippen LogP contribution in [-0.2, 0) is 9.47 Å². The van der Waals surface area contributed by atoms with Gasteiger partial charge >= 0.3 is 0 Å². The summed E-state index contributed by atoms with van der Waals surface area (Å²) in [5, 5.41) is 0. The van der Waals surface area contributed by atoms with Crippen LogP contribution in [0.1, 0.15) is 55.2 Å². The van der Waals surface area contributed by atoms with Crippen LogP contribution in [0.15, 0.2) is 55.6 Å². The Kier molecular flexibility index (Phi) is 8.45. The van der Waals surface area contributed by atoms with E-state index >= 15 is 0 Å². The fourth-order valence-corrected chi connectivity index (χ4v) is 4.08. The molecular formula is C29H34O5. The molecule has 2 fully saturated rings. The molecule has 5 nitrogen and oxygen atoms in total. The standard InChI is InChI=1S/C29H34O5/c1-4-23-14-15-24(20-26(23)30-3)21(2)11-12-22-13-16-25(33-28-9-5-7-17-31-28)27(19-22)34-29-10-6-8-18-32-29/h4,11-16,19-20,28-29H,1-2,5-10,17-18H2,3H3/b12-11+. The van der Waals surface area contributed by atoms with Crippen molar-refractivity contribution in [2.24, 2.45) is 0 Å². The Balaban J connectivity index is 1.52. The molecule has 34 heavy (non-hydrogen) atoms. The number of ether oxygens (including phenoxy) is 5. The Labute approximate surface area is 202 Å². The van der Waals surface area contributed by atoms with E-state index in [1.807, 2.05) is 48.6 Å². The van der Waals surface area contributed by atoms with E-state index in [1.54, 1.807) is 13.2 Å². The van der Waals surface area contributed by atoms with Crippen molar-refractivity contribution < 1.29 is 23.7 Å². The smallest absolute Gasteiger partial charge is 0.200 e. The van der Waals surface area contributed by atoms with E-state index in [0.29, 0.717) is 11.5 Å². The summed E-state index contributed by atoms with van der Waals surface area (Å²) >= 11 is 0. The van der Waals surface area contributed by atoms with E-state index in [0.717, 1.165) is 79.8 Å². The lowest BCUT2D eigenvalue weighted by molar-refractivity contribution is -0.119. The first-order valence-electron chi connectivity index (χ1n) is 12.0. The topological polar surface area (TPSA) is 46.2 Å². The largest absolute Gasteiger partial charge is 0.496 e. The second kappa shape index (κ2) is 11.9. The molecule has 2 heterocycles. The molecule has 180 valence electrons. The molecule has 2 aromatic rings. The van der Waals surface area contributed by atoms with Crippen LogP contribution in [0, 0.1) is 0 Å². The van der Waals surface area contributed by atoms with Crippen LogP contribution in [0.4, 0.5) is 0 Å². The summed E-state index contributed by atoms with van der Waals surface area (Å²) in [7, 11) is 1.66. The van der Waals surface area contributed by atoms with Gasteiger partial charge in [-0.25, -0.2) is 0 Å². The maximum atomic E-state index is 6.23. The number of allylic oxidation sites excluding steroid dienone is 2. The molecule has 2 saturated heterocycles. The first-order chi connectivity index (χ1) is 16.7. The first-order valence-corrected chi connectivity index (χ1v) is 12.0. The molecule has 4 rings (SSSR count). The lowest BCUT2D eigenvalue weighted by Gasteiger charge is -2.27. The lowest BCUT2D eigenvalue weighted by atomic mass is 10.0. The third-order valence-electron chi connectivity index (χ3n) is 6.06. The van der Waals surface area contributed by atoms with Crippen LogP contribution < -0.4 is 14.2 Å². The molecule has 2 aliphatic rings. The van der Waals surface area contributed by atoms with E-state index in [-0.39, 0.29) is 12.6 Å². The average Bonchev–Trinajstić information content (AvgIpc) is 2.89. The van der Waals surface area contributed by atoms with Gasteiger partial charge in [-0.3, -0.25) is 0 Å². The minimum atomic E-state index is -0.256. The average molecular weight is 463 g/mol. The molecule has 5 heteroatoms. The second-order valence-electron chi connectivity index (χ2n) is 8.55. The molecule has 2 unspecified atom stereocenters. The summed E-state index contributed by atoms with van der Waals surface area (Å²) in [4.78, 5) is 0. The molecule has 0 N–H and O–H groups in total. The summed E-state index contributed by atoms with van der Waals surface area (Å²) in [5.74, 6) is 2.13. The molecule has 0 bridgehead atoms. The van der Waals surface area contributed by atoms with Crippen molar-refractivity contribution in [1.82, 2.24) is 0 Å². The quantitative estimate of drug-likeness (QED) is 0.380. The summed E-state index contributed by atoms with van der Waals surface area (Å²) in [5.41, 5.74) is 3.80. The van der Waals surface area contributed by atoms with Crippen molar-refractivity contribution in [1.29, 1.82) is 0 Å². The van der Waals surface area contributed by atoms with Crippen molar-refractivity contribution in [3.8, 4) is 17.2 Å². The van der Waals surface area contributed by atoms with Crippen molar-refractivity contribution in [2.75, 3.05) is 20.3 Å². The zero-order valence-electron chi connectivity index (χ0n) is 20.0. The molecule has 0 radical (unpaired) electrons. The predicted molar refractivity (Wildman–Crippen MR) is 136 cm³/mol. The van der Waals surface area contributed by atoms with Crippen molar-refractivity contribution >= 4 is 17.7 Å². The second-order valence-corrected chi connectivity index (χ2v) is 8.55. The van der Waals surface area contributed by atoms with Gasteiger partial charge in [0, 0.05) is 18.4 Å². The summed E-state index contributed by atoms with van der Waals surface area (Å²) in [6.07, 6.45) is 11.4. The van der Waals surface area contributed by atoms with Gasteiger partial charge in [0.25, 0.3) is 0 Å². The minimum absolute atomic E-state index is 0.238. The number of hydrogen-bond acceptors (Lipinski definition) is 5. The van der Waals surface area contributed by atoms with E-state index in [9.17, 15) is 0 Å². The SMILES string of the molecule is C=Cc1ccc(C(=C)/C=C/c2ccc(OC3CCCCO3)c(OC3CCCCO3)c2)cc1OC. The minimum Gasteiger partial charge on any atom is -0.496 e. The lowest BCUT2D eigenvalue weighted by Crippen LogP contribution is -2.27. The highest BCUT2D eigenvalue weighted by Crippen LogP contribution is 2.34. The van der Waals surface area contributed by atoms with Crippen LogP contribution >= 0.6 is 0 Å². The van der Waals surface area contributed by atoms with Crippen LogP contribution in [0.25, 0.3) is 17.7 Å². The predicted octanol–water partition coefficient (Wildman–Crippen LogP) is 6.88. The molecule has 0 aliphatic carbocycles. The van der Waals surface area contributed by atoms with Gasteiger partial charge in [0.15, 0.2) is 24.1 Å². The van der Waals surface area contributed by atoms with E-state index in [4.69, 9.17) is 23.7 Å². The highest BCUT2D eigenvalue weighted by Gasteiger charge is 2.21. The molecule has 2 aliphatic heterocycles. The van der Waals surface area contributed by atoms with Crippen LogP contribution in [0.2, 0.25) is 0 Å². The van der Waals surface area contributed by atoms with Crippen LogP contribution in [0.3, 0.4) is 0 Å². The maximum absolute atomic E-state index is 6.23. The maximum Gasteiger partial charge on any atom is 0.200 e. The van der Waals surface area contributed by atoms with E-state index in [1.165, 1.54) is 0 Å². The van der Waals surface area contributed by atoms with Gasteiger partial charge in [-0.05, 0) is 60.6 Å². The van der Waals surface area contributed by atoms with Gasteiger partial charge in [0.2, 0.25) is 0 Å². The summed E-state index contributed by atoms with van der Waals surface area (Å²) in [6, 6.07) is 11.9. The number of hydrogen-bond donors (Lipinski definition) is 0. The number of rotatable bonds is 9. The molecule has 0 aromatic heterocycles. The van der Waals surface area contributed by atoms with Gasteiger partial charge < -0.3 is 23.7 Å². The van der Waals surface area contributed by atoms with Crippen LogP contribution in [0.5, 0.6) is 17.2 Å². The molecular weight excluding hydrogens is 428 g/mol. The third-order valence-corrected chi connectivity index (χ3v) is 6.06. The summed E-state index contributed by atoms with van der Waals surface area (Å²) < 4.78 is 29.4. The zero-order valence-corrected chi connectivity index (χ0v) is 20.0. The number of methoxy groups -OCH3 is 1. The van der Waals surface area contributed by atoms with Crippen molar-refractivity contribution in [3.63, 3.8) is 0 Å². The van der Waals surface area contributed by atoms with Gasteiger partial charge in [-0.15, -0.1) is 0 Å². The number of benzene rings is 2. The molecule has 0 spiro atoms. The van der Waals surface area contributed by atoms with Crippen molar-refractivity contribution in [3.05, 3.63) is 72.3 Å². The highest BCUT2D eigenvalue weighted by molar-refractivity contribution is 5.79. The van der Waals surface area contributed by atoms with Crippen molar-refractivity contribution in [2.45, 2.75) is 51.1 Å². The first kappa shape index (κ1) is 24.1. The Morgan fingerprint density at radius 1 is 0.882 bits per heavy atom. The van der Waals surface area contributed by atoms with Gasteiger partial charge in [-0.1, -0.05) is 49.6 Å². The van der Waals surface area contributed by atoms with E-state index < -0.39 is 0 Å². The van der Waals surface area contributed by atoms with Crippen LogP contribution in [-0.4, -0.2) is 32.9 Å². The molecule has 2 aromatic carbocycles. The zero-order chi connectivity index (χ0) is 23.8. The highest BCUT2D eigenvalue weighted by atomic mass is 16.7. The Hall–Kier alpha value is -3.02. The summed E-state index contributed by atoms with van der Waals surface area (Å²) in [6.45, 7) is 9.50. The fraction of sp³-hybridized carbons (Fsp3) is 0.379. The monoisotopic (exact) mass is 462 g/mol. The molecule has 2 atom stereocenters. The Bertz CT molecular complexity index is 1010. The fourth-order valence-electron chi connectivity index (χ4n) is 4.08. The third kappa shape index (κ3) is 6.31. The van der Waals surface area contributed by atoms with E-state index in [2.05, 4.69) is 13.2 Å². The Morgan fingerprint density at radius 3 is 2.21 bits per heavy atom. The normalized spacial score (nSPS) is 20.6. The Morgan fingerprint density at radius 2 is 1.59 bits per heavy atom. The van der Waals surface area contributed by atoms with Gasteiger partial charge in [0.1, 0.15) is 5.75 Å². The molecule has 0 saturated carbocycles. The van der Waals surface area contributed by atoms with Gasteiger partial charge in [-0.2, -0.15) is 0 Å². The molecule has 0 amide bonds.